The van der Waals surface area contributed by atoms with Crippen LogP contribution in [0.4, 0.5) is 5.82 Å². The maximum atomic E-state index is 12.0. The summed E-state index contributed by atoms with van der Waals surface area (Å²) in [5.41, 5.74) is 1.13. The van der Waals surface area contributed by atoms with Gasteiger partial charge in [-0.1, -0.05) is 0 Å². The Hall–Kier alpha value is -1.80. The number of rotatable bonds is 2. The van der Waals surface area contributed by atoms with Crippen molar-refractivity contribution in [3.8, 4) is 0 Å². The maximum Gasteiger partial charge on any atom is 0.268 e. The van der Waals surface area contributed by atoms with E-state index in [1.165, 1.54) is 24.0 Å². The minimum absolute atomic E-state index is 0.216. The average Bonchev–Trinajstić information content (AvgIpc) is 2.97. The second-order valence-corrected chi connectivity index (χ2v) is 5.15. The lowest BCUT2D eigenvalue weighted by Gasteiger charge is -2.03. The molecule has 8 heteroatoms. The first kappa shape index (κ1) is 11.3. The molecule has 0 aromatic carbocycles. The highest BCUT2D eigenvalue weighted by atomic mass is 79.9. The number of aromatic nitrogens is 4. The quantitative estimate of drug-likeness (QED) is 0.758. The average molecular weight is 324 g/mol. The van der Waals surface area contributed by atoms with E-state index in [-0.39, 0.29) is 5.91 Å². The minimum atomic E-state index is -0.216. The molecule has 0 saturated carbocycles. The largest absolute Gasteiger partial charge is 0.340 e. The van der Waals surface area contributed by atoms with Crippen LogP contribution in [0.1, 0.15) is 9.67 Å². The van der Waals surface area contributed by atoms with Gasteiger partial charge in [-0.05, 0) is 27.4 Å². The van der Waals surface area contributed by atoms with Gasteiger partial charge in [-0.2, -0.15) is 0 Å². The number of hydrogen-bond donors (Lipinski definition) is 2. The number of carbonyl (C=O) groups excluding carboxylic acids is 1. The summed E-state index contributed by atoms with van der Waals surface area (Å²) in [6.07, 6.45) is 2.87. The molecule has 0 aliphatic rings. The molecule has 0 fully saturated rings. The summed E-state index contributed by atoms with van der Waals surface area (Å²) in [6.45, 7) is 0. The molecule has 0 aliphatic carbocycles. The molecule has 3 aromatic rings. The lowest BCUT2D eigenvalue weighted by Crippen LogP contribution is -2.12. The lowest BCUT2D eigenvalue weighted by atomic mass is 10.4. The molecule has 18 heavy (non-hydrogen) atoms. The van der Waals surface area contributed by atoms with E-state index in [9.17, 15) is 4.79 Å². The normalized spacial score (nSPS) is 10.7. The Morgan fingerprint density at radius 1 is 1.39 bits per heavy atom. The topological polar surface area (TPSA) is 83.6 Å². The van der Waals surface area contributed by atoms with Crippen LogP contribution in [-0.2, 0) is 0 Å². The molecule has 3 rings (SSSR count). The monoisotopic (exact) mass is 323 g/mol. The van der Waals surface area contributed by atoms with Crippen molar-refractivity contribution in [2.24, 2.45) is 0 Å². The van der Waals surface area contributed by atoms with E-state index in [2.05, 4.69) is 41.2 Å². The van der Waals surface area contributed by atoms with E-state index in [1.54, 1.807) is 0 Å². The van der Waals surface area contributed by atoms with E-state index in [1.807, 2.05) is 11.4 Å². The van der Waals surface area contributed by atoms with E-state index >= 15 is 0 Å². The molecular weight excluding hydrogens is 318 g/mol. The van der Waals surface area contributed by atoms with Gasteiger partial charge >= 0.3 is 0 Å². The molecule has 0 radical (unpaired) electrons. The molecule has 0 bridgehead atoms. The third-order valence-electron chi connectivity index (χ3n) is 2.28. The van der Waals surface area contributed by atoms with Gasteiger partial charge in [0.15, 0.2) is 11.5 Å². The van der Waals surface area contributed by atoms with Crippen molar-refractivity contribution in [2.45, 2.75) is 0 Å². The summed E-state index contributed by atoms with van der Waals surface area (Å²) in [5, 5.41) is 4.57. The number of amides is 1. The Bertz CT molecular complexity index is 722. The zero-order valence-corrected chi connectivity index (χ0v) is 11.2. The molecule has 0 aliphatic heterocycles. The Morgan fingerprint density at radius 3 is 3.06 bits per heavy atom. The van der Waals surface area contributed by atoms with Crippen LogP contribution < -0.4 is 5.32 Å². The highest BCUT2D eigenvalue weighted by Gasteiger charge is 2.14. The molecule has 0 unspecified atom stereocenters. The van der Waals surface area contributed by atoms with Crippen LogP contribution in [0.2, 0.25) is 0 Å². The fraction of sp³-hybridized carbons (Fsp3) is 0. The first-order valence-electron chi connectivity index (χ1n) is 4.94. The zero-order chi connectivity index (χ0) is 12.5. The SMILES string of the molecule is O=C(Nc1ncnc2nc[nH]c12)c1sccc1Br. The van der Waals surface area contributed by atoms with Crippen molar-refractivity contribution < 1.29 is 4.79 Å². The number of nitrogens with zero attached hydrogens (tertiary/aromatic N) is 3. The predicted molar refractivity (Wildman–Crippen MR) is 71.7 cm³/mol. The van der Waals surface area contributed by atoms with Crippen molar-refractivity contribution >= 4 is 50.2 Å². The van der Waals surface area contributed by atoms with Crippen molar-refractivity contribution in [2.75, 3.05) is 5.32 Å². The predicted octanol–water partition coefficient (Wildman–Crippen LogP) is 2.43. The number of hydrogen-bond acceptors (Lipinski definition) is 5. The first-order valence-corrected chi connectivity index (χ1v) is 6.61. The molecule has 0 saturated heterocycles. The lowest BCUT2D eigenvalue weighted by molar-refractivity contribution is 0.102. The third-order valence-corrected chi connectivity index (χ3v) is 4.11. The summed E-state index contributed by atoms with van der Waals surface area (Å²) in [4.78, 5) is 27.5. The second-order valence-electron chi connectivity index (χ2n) is 3.38. The van der Waals surface area contributed by atoms with Crippen LogP contribution in [0.3, 0.4) is 0 Å². The molecular formula is C10H6BrN5OS. The number of nitrogens with one attached hydrogen (secondary N) is 2. The number of aromatic amines is 1. The Morgan fingerprint density at radius 2 is 2.28 bits per heavy atom. The molecule has 1 amide bonds. The molecule has 90 valence electrons. The summed E-state index contributed by atoms with van der Waals surface area (Å²) in [5.74, 6) is 0.203. The Kier molecular flexibility index (Phi) is 2.80. The van der Waals surface area contributed by atoms with E-state index in [0.717, 1.165) is 4.47 Å². The minimum Gasteiger partial charge on any atom is -0.340 e. The van der Waals surface area contributed by atoms with Crippen molar-refractivity contribution in [3.63, 3.8) is 0 Å². The Labute approximate surface area is 114 Å². The third kappa shape index (κ3) is 1.89. The van der Waals surface area contributed by atoms with Crippen LogP contribution in [-0.4, -0.2) is 25.8 Å². The van der Waals surface area contributed by atoms with Crippen molar-refractivity contribution in [3.05, 3.63) is 33.5 Å². The Balaban J connectivity index is 1.95. The number of carbonyl (C=O) groups is 1. The van der Waals surface area contributed by atoms with Crippen LogP contribution in [0, 0.1) is 0 Å². The van der Waals surface area contributed by atoms with Crippen LogP contribution in [0.15, 0.2) is 28.6 Å². The zero-order valence-electron chi connectivity index (χ0n) is 8.85. The van der Waals surface area contributed by atoms with Gasteiger partial charge in [0.25, 0.3) is 5.91 Å². The molecule has 0 spiro atoms. The van der Waals surface area contributed by atoms with Gasteiger partial charge in [0.2, 0.25) is 0 Å². The number of anilines is 1. The second kappa shape index (κ2) is 4.46. The van der Waals surface area contributed by atoms with Gasteiger partial charge in [-0.15, -0.1) is 11.3 Å². The summed E-state index contributed by atoms with van der Waals surface area (Å²) in [7, 11) is 0. The fourth-order valence-electron chi connectivity index (χ4n) is 1.48. The van der Waals surface area contributed by atoms with Crippen LogP contribution in [0.5, 0.6) is 0 Å². The number of fused-ring (bicyclic) bond motifs is 1. The standard InChI is InChI=1S/C10H6BrN5OS/c11-5-1-2-18-7(5)10(17)16-9-6-8(13-3-12-6)14-4-15-9/h1-4H,(H2,12,13,14,15,16,17). The molecule has 3 heterocycles. The van der Waals surface area contributed by atoms with Crippen LogP contribution in [0.25, 0.3) is 11.2 Å². The van der Waals surface area contributed by atoms with E-state index < -0.39 is 0 Å². The molecule has 6 nitrogen and oxygen atoms in total. The number of H-pyrrole nitrogens is 1. The van der Waals surface area contributed by atoms with Gasteiger partial charge in [0, 0.05) is 4.47 Å². The molecule has 2 N–H and O–H groups in total. The van der Waals surface area contributed by atoms with Gasteiger partial charge in [0.1, 0.15) is 16.7 Å². The van der Waals surface area contributed by atoms with Crippen molar-refractivity contribution in [1.29, 1.82) is 0 Å². The van der Waals surface area contributed by atoms with Crippen LogP contribution >= 0.6 is 27.3 Å². The first-order chi connectivity index (χ1) is 8.75. The smallest absolute Gasteiger partial charge is 0.268 e. The number of thiophene rings is 1. The molecule has 0 atom stereocenters. The van der Waals surface area contributed by atoms with E-state index in [4.69, 9.17) is 0 Å². The summed E-state index contributed by atoms with van der Waals surface area (Å²) in [6, 6.07) is 1.82. The maximum absolute atomic E-state index is 12.0. The van der Waals surface area contributed by atoms with E-state index in [0.29, 0.717) is 21.9 Å². The number of halogens is 1. The van der Waals surface area contributed by atoms with Crippen molar-refractivity contribution in [1.82, 2.24) is 19.9 Å². The number of imidazole rings is 1. The molecule has 3 aromatic heterocycles. The highest BCUT2D eigenvalue weighted by Crippen LogP contribution is 2.24. The van der Waals surface area contributed by atoms with Gasteiger partial charge in [-0.3, -0.25) is 4.79 Å². The summed E-state index contributed by atoms with van der Waals surface area (Å²) >= 11 is 4.68. The highest BCUT2D eigenvalue weighted by molar-refractivity contribution is 9.10. The summed E-state index contributed by atoms with van der Waals surface area (Å²) < 4.78 is 0.764. The fourth-order valence-corrected chi connectivity index (χ4v) is 2.93. The van der Waals surface area contributed by atoms with Gasteiger partial charge in [0.05, 0.1) is 6.33 Å². The van der Waals surface area contributed by atoms with Gasteiger partial charge < -0.3 is 10.3 Å². The van der Waals surface area contributed by atoms with Gasteiger partial charge in [-0.25, -0.2) is 15.0 Å².